The van der Waals surface area contributed by atoms with E-state index < -0.39 is 0 Å². The van der Waals surface area contributed by atoms with Gasteiger partial charge in [0.15, 0.2) is 0 Å². The van der Waals surface area contributed by atoms with Crippen LogP contribution in [0.25, 0.3) is 0 Å². The quantitative estimate of drug-likeness (QED) is 0.832. The molecule has 1 heterocycles. The highest BCUT2D eigenvalue weighted by molar-refractivity contribution is 7.13. The molecule has 1 aromatic heterocycles. The molecule has 3 nitrogen and oxygen atoms in total. The third kappa shape index (κ3) is 3.64. The summed E-state index contributed by atoms with van der Waals surface area (Å²) in [5.74, 6) is 5.54. The highest BCUT2D eigenvalue weighted by Crippen LogP contribution is 2.28. The van der Waals surface area contributed by atoms with Crippen molar-refractivity contribution in [3.8, 4) is 11.8 Å². The molecule has 0 aliphatic carbocycles. The number of anilines is 1. The number of carbonyl (C=O) groups excluding carboxylic acids is 1. The summed E-state index contributed by atoms with van der Waals surface area (Å²) in [6.07, 6.45) is 0. The number of nitrogens with two attached hydrogens (primary N) is 1. The molecule has 2 rings (SSSR count). The molecule has 3 N–H and O–H groups in total. The zero-order chi connectivity index (χ0) is 15.4. The molecule has 1 amide bonds. The zero-order valence-corrected chi connectivity index (χ0v) is 13.4. The van der Waals surface area contributed by atoms with Gasteiger partial charge in [-0.3, -0.25) is 4.79 Å². The van der Waals surface area contributed by atoms with Crippen LogP contribution in [0.3, 0.4) is 0 Å². The minimum atomic E-state index is -0.204. The van der Waals surface area contributed by atoms with Crippen molar-refractivity contribution >= 4 is 34.5 Å². The van der Waals surface area contributed by atoms with E-state index in [0.29, 0.717) is 16.4 Å². The van der Waals surface area contributed by atoms with Crippen molar-refractivity contribution in [1.82, 2.24) is 0 Å². The minimum Gasteiger partial charge on any atom is -0.321 e. The SMILES string of the molecule is Cc1ccc(C#CCN)cc1NC(=O)c1scc(C)c1Cl. The predicted molar refractivity (Wildman–Crippen MR) is 89.1 cm³/mol. The molecule has 0 atom stereocenters. The second-order valence-corrected chi connectivity index (χ2v) is 5.81. The molecule has 0 radical (unpaired) electrons. The number of carbonyl (C=O) groups is 1. The van der Waals surface area contributed by atoms with Gasteiger partial charge in [-0.1, -0.05) is 29.5 Å². The van der Waals surface area contributed by atoms with Gasteiger partial charge < -0.3 is 11.1 Å². The third-order valence-electron chi connectivity index (χ3n) is 2.93. The lowest BCUT2D eigenvalue weighted by atomic mass is 10.1. The van der Waals surface area contributed by atoms with E-state index in [-0.39, 0.29) is 5.91 Å². The summed E-state index contributed by atoms with van der Waals surface area (Å²) < 4.78 is 0. The maximum absolute atomic E-state index is 12.3. The molecule has 0 aliphatic rings. The molecule has 0 spiro atoms. The Balaban J connectivity index is 2.26. The van der Waals surface area contributed by atoms with E-state index in [2.05, 4.69) is 17.2 Å². The van der Waals surface area contributed by atoms with Gasteiger partial charge >= 0.3 is 0 Å². The van der Waals surface area contributed by atoms with Crippen LogP contribution in [0.1, 0.15) is 26.4 Å². The summed E-state index contributed by atoms with van der Waals surface area (Å²) in [5.41, 5.74) is 8.78. The van der Waals surface area contributed by atoms with E-state index in [0.717, 1.165) is 22.4 Å². The molecular formula is C16H15ClN2OS. The van der Waals surface area contributed by atoms with Gasteiger partial charge in [-0.05, 0) is 42.5 Å². The molecule has 2 aromatic rings. The molecule has 21 heavy (non-hydrogen) atoms. The first-order valence-corrected chi connectivity index (χ1v) is 7.63. The van der Waals surface area contributed by atoms with Crippen LogP contribution in [0, 0.1) is 25.7 Å². The monoisotopic (exact) mass is 318 g/mol. The molecule has 0 saturated carbocycles. The Bertz CT molecular complexity index is 740. The van der Waals surface area contributed by atoms with Crippen LogP contribution in [0.2, 0.25) is 5.02 Å². The molecule has 108 valence electrons. The predicted octanol–water partition coefficient (Wildman–Crippen LogP) is 3.58. The molecule has 5 heteroatoms. The lowest BCUT2D eigenvalue weighted by molar-refractivity contribution is 0.103. The smallest absolute Gasteiger partial charge is 0.267 e. The van der Waals surface area contributed by atoms with Crippen LogP contribution in [0.4, 0.5) is 5.69 Å². The van der Waals surface area contributed by atoms with E-state index in [1.807, 2.05) is 37.4 Å². The Hall–Kier alpha value is -1.80. The van der Waals surface area contributed by atoms with Crippen molar-refractivity contribution in [2.75, 3.05) is 11.9 Å². The second kappa shape index (κ2) is 6.77. The Morgan fingerprint density at radius 1 is 1.38 bits per heavy atom. The number of hydrogen-bond donors (Lipinski definition) is 2. The fourth-order valence-electron chi connectivity index (χ4n) is 1.75. The Morgan fingerprint density at radius 3 is 2.76 bits per heavy atom. The second-order valence-electron chi connectivity index (χ2n) is 4.55. The molecule has 1 aromatic carbocycles. The highest BCUT2D eigenvalue weighted by atomic mass is 35.5. The van der Waals surface area contributed by atoms with Crippen molar-refractivity contribution in [1.29, 1.82) is 0 Å². The molecule has 0 saturated heterocycles. The zero-order valence-electron chi connectivity index (χ0n) is 11.8. The van der Waals surface area contributed by atoms with Crippen LogP contribution in [-0.4, -0.2) is 12.5 Å². The van der Waals surface area contributed by atoms with Crippen LogP contribution < -0.4 is 11.1 Å². The normalized spacial score (nSPS) is 9.90. The topological polar surface area (TPSA) is 55.1 Å². The van der Waals surface area contributed by atoms with Gasteiger partial charge in [0.1, 0.15) is 4.88 Å². The molecular weight excluding hydrogens is 304 g/mol. The number of nitrogens with one attached hydrogen (secondary N) is 1. The number of amides is 1. The number of halogens is 1. The first-order valence-electron chi connectivity index (χ1n) is 6.37. The lowest BCUT2D eigenvalue weighted by Crippen LogP contribution is -2.12. The van der Waals surface area contributed by atoms with Gasteiger partial charge in [0.2, 0.25) is 0 Å². The standard InChI is InChI=1S/C16H15ClN2OS/c1-10-5-6-12(4-3-7-18)8-13(10)19-16(20)15-14(17)11(2)9-21-15/h5-6,8-9H,7,18H2,1-2H3,(H,19,20). The van der Waals surface area contributed by atoms with Gasteiger partial charge in [-0.15, -0.1) is 11.3 Å². The Morgan fingerprint density at radius 2 is 2.14 bits per heavy atom. The summed E-state index contributed by atoms with van der Waals surface area (Å²) in [5, 5.41) is 5.26. The minimum absolute atomic E-state index is 0.204. The molecule has 0 bridgehead atoms. The van der Waals surface area contributed by atoms with Gasteiger partial charge in [0.25, 0.3) is 5.91 Å². The summed E-state index contributed by atoms with van der Waals surface area (Å²) in [4.78, 5) is 12.8. The molecule has 0 fully saturated rings. The number of thiophene rings is 1. The highest BCUT2D eigenvalue weighted by Gasteiger charge is 2.15. The van der Waals surface area contributed by atoms with Gasteiger partial charge in [0, 0.05) is 11.3 Å². The van der Waals surface area contributed by atoms with Crippen molar-refractivity contribution in [2.24, 2.45) is 5.73 Å². The van der Waals surface area contributed by atoms with Crippen molar-refractivity contribution in [2.45, 2.75) is 13.8 Å². The summed E-state index contributed by atoms with van der Waals surface area (Å²) >= 11 is 7.46. The van der Waals surface area contributed by atoms with E-state index in [9.17, 15) is 4.79 Å². The first kappa shape index (κ1) is 15.6. The maximum atomic E-state index is 12.3. The number of aryl methyl sites for hydroxylation is 2. The van der Waals surface area contributed by atoms with Gasteiger partial charge in [0.05, 0.1) is 11.6 Å². The molecule has 0 unspecified atom stereocenters. The van der Waals surface area contributed by atoms with E-state index in [4.69, 9.17) is 17.3 Å². The molecule has 0 aliphatic heterocycles. The van der Waals surface area contributed by atoms with Crippen molar-refractivity contribution in [3.63, 3.8) is 0 Å². The lowest BCUT2D eigenvalue weighted by Gasteiger charge is -2.08. The van der Waals surface area contributed by atoms with Crippen LogP contribution in [0.15, 0.2) is 23.6 Å². The number of rotatable bonds is 2. The third-order valence-corrected chi connectivity index (χ3v) is 4.62. The summed E-state index contributed by atoms with van der Waals surface area (Å²) in [6, 6.07) is 5.65. The number of benzene rings is 1. The average molecular weight is 319 g/mol. The Kier molecular flexibility index (Phi) is 5.03. The Labute approximate surface area is 133 Å². The van der Waals surface area contributed by atoms with E-state index in [1.54, 1.807) is 0 Å². The number of hydrogen-bond acceptors (Lipinski definition) is 3. The fraction of sp³-hybridized carbons (Fsp3) is 0.188. The van der Waals surface area contributed by atoms with Crippen molar-refractivity contribution in [3.05, 3.63) is 50.2 Å². The van der Waals surface area contributed by atoms with E-state index >= 15 is 0 Å². The van der Waals surface area contributed by atoms with E-state index in [1.165, 1.54) is 11.3 Å². The van der Waals surface area contributed by atoms with Gasteiger partial charge in [-0.25, -0.2) is 0 Å². The van der Waals surface area contributed by atoms with Crippen LogP contribution >= 0.6 is 22.9 Å². The first-order chi connectivity index (χ1) is 10.0. The van der Waals surface area contributed by atoms with Gasteiger partial charge in [-0.2, -0.15) is 0 Å². The van der Waals surface area contributed by atoms with Crippen molar-refractivity contribution < 1.29 is 4.79 Å². The summed E-state index contributed by atoms with van der Waals surface area (Å²) in [6.45, 7) is 4.11. The van der Waals surface area contributed by atoms with Crippen LogP contribution in [-0.2, 0) is 0 Å². The van der Waals surface area contributed by atoms with Crippen LogP contribution in [0.5, 0.6) is 0 Å². The largest absolute Gasteiger partial charge is 0.321 e. The summed E-state index contributed by atoms with van der Waals surface area (Å²) in [7, 11) is 0. The average Bonchev–Trinajstić information content (AvgIpc) is 2.80. The fourth-order valence-corrected chi connectivity index (χ4v) is 2.92. The maximum Gasteiger partial charge on any atom is 0.267 e.